The van der Waals surface area contributed by atoms with Gasteiger partial charge in [-0.15, -0.1) is 6.58 Å². The number of Topliss-reactive ketones (excluding diaryl/α,β-unsaturated/α-hetero) is 2. The highest BCUT2D eigenvalue weighted by molar-refractivity contribution is 5.82. The van der Waals surface area contributed by atoms with Crippen LogP contribution in [0.15, 0.2) is 24.8 Å². The number of hydroxylamine groups is 4. The van der Waals surface area contributed by atoms with Gasteiger partial charge in [0, 0.05) is 47.8 Å². The first-order chi connectivity index (χ1) is 16.5. The minimum atomic E-state index is -0.256. The molecule has 208 valence electrons. The van der Waals surface area contributed by atoms with E-state index in [2.05, 4.69) is 88.0 Å². The molecule has 0 aromatic rings. The Kier molecular flexibility index (Phi) is 12.2. The molecule has 2 rings (SSSR count). The zero-order chi connectivity index (χ0) is 27.8. The van der Waals surface area contributed by atoms with Crippen molar-refractivity contribution in [3.8, 4) is 0 Å². The van der Waals surface area contributed by atoms with Crippen molar-refractivity contribution in [2.45, 2.75) is 149 Å². The van der Waals surface area contributed by atoms with Crippen LogP contribution in [0.2, 0.25) is 0 Å². The first-order valence-electron chi connectivity index (χ1n) is 13.7. The molecule has 0 aromatic heterocycles. The molecule has 0 radical (unpaired) electrons. The second kappa shape index (κ2) is 13.5. The van der Waals surface area contributed by atoms with E-state index in [1.807, 2.05) is 16.2 Å². The number of rotatable bonds is 10. The summed E-state index contributed by atoms with van der Waals surface area (Å²) < 4.78 is 0. The molecular weight excluding hydrogens is 452 g/mol. The molecular formula is C30H54N2O4. The third kappa shape index (κ3) is 9.51. The SMILES string of the molecule is C=CC(CCC)ON1C(C)(C)CC(=O)CC1(C)C.CCCC=CCON1C(C)(C)CC(=O)CC1(C)C. The predicted molar refractivity (Wildman–Crippen MR) is 148 cm³/mol. The first kappa shape index (κ1) is 32.7. The molecule has 2 aliphatic rings. The van der Waals surface area contributed by atoms with Crippen LogP contribution in [0.1, 0.15) is 121 Å². The summed E-state index contributed by atoms with van der Waals surface area (Å²) in [6, 6.07) is 0. The van der Waals surface area contributed by atoms with Gasteiger partial charge in [-0.3, -0.25) is 19.3 Å². The largest absolute Gasteiger partial charge is 0.300 e. The molecule has 2 fully saturated rings. The molecule has 36 heavy (non-hydrogen) atoms. The third-order valence-electron chi connectivity index (χ3n) is 6.72. The molecule has 2 heterocycles. The summed E-state index contributed by atoms with van der Waals surface area (Å²) >= 11 is 0. The number of carbonyl (C=O) groups is 2. The van der Waals surface area contributed by atoms with Crippen molar-refractivity contribution in [3.05, 3.63) is 24.8 Å². The van der Waals surface area contributed by atoms with Crippen LogP contribution in [0.4, 0.5) is 0 Å². The minimum absolute atomic E-state index is 0.0294. The molecule has 0 spiro atoms. The summed E-state index contributed by atoms with van der Waals surface area (Å²) in [5, 5.41) is 4.03. The van der Waals surface area contributed by atoms with Gasteiger partial charge in [0.2, 0.25) is 0 Å². The summed E-state index contributed by atoms with van der Waals surface area (Å²) in [5.74, 6) is 0.641. The lowest BCUT2D eigenvalue weighted by Crippen LogP contribution is -2.61. The maximum Gasteiger partial charge on any atom is 0.136 e. The Hall–Kier alpha value is -1.34. The quantitative estimate of drug-likeness (QED) is 0.298. The van der Waals surface area contributed by atoms with Crippen LogP contribution in [0.5, 0.6) is 0 Å². The van der Waals surface area contributed by atoms with E-state index in [0.29, 0.717) is 43.9 Å². The molecule has 1 atom stereocenters. The molecule has 0 amide bonds. The Balaban J connectivity index is 0.000000360. The van der Waals surface area contributed by atoms with Gasteiger partial charge in [-0.05, 0) is 68.2 Å². The van der Waals surface area contributed by atoms with E-state index in [4.69, 9.17) is 9.68 Å². The smallest absolute Gasteiger partial charge is 0.136 e. The summed E-state index contributed by atoms with van der Waals surface area (Å²) in [6.07, 6.45) is 12.6. The van der Waals surface area contributed by atoms with Crippen LogP contribution in [-0.4, -0.2) is 56.6 Å². The number of piperidine rings is 2. The molecule has 6 heteroatoms. The Labute approximate surface area is 221 Å². The van der Waals surface area contributed by atoms with Crippen molar-refractivity contribution in [2.75, 3.05) is 6.61 Å². The standard InChI is InChI=1S/2C15H27NO2/c1-7-9-13(8-2)18-16-14(3,4)10-12(17)11-15(16,5)6;1-6-7-8-9-10-18-16-14(2,3)11-13(17)12-15(16,4)5/h8,13H,2,7,9-11H2,1,3-6H3;8-9H,6-7,10-12H2,1-5H3. The molecule has 6 nitrogen and oxygen atoms in total. The summed E-state index contributed by atoms with van der Waals surface area (Å²) in [4.78, 5) is 35.6. The van der Waals surface area contributed by atoms with Crippen molar-refractivity contribution in [1.82, 2.24) is 10.1 Å². The topological polar surface area (TPSA) is 59.1 Å². The lowest BCUT2D eigenvalue weighted by atomic mass is 9.81. The monoisotopic (exact) mass is 506 g/mol. The number of carbonyl (C=O) groups excluding carboxylic acids is 2. The van der Waals surface area contributed by atoms with E-state index < -0.39 is 0 Å². The molecule has 1 unspecified atom stereocenters. The van der Waals surface area contributed by atoms with Crippen molar-refractivity contribution in [3.63, 3.8) is 0 Å². The maximum absolute atomic E-state index is 11.8. The minimum Gasteiger partial charge on any atom is -0.300 e. The molecule has 0 aliphatic carbocycles. The van der Waals surface area contributed by atoms with Gasteiger partial charge in [-0.1, -0.05) is 44.9 Å². The molecule has 2 saturated heterocycles. The van der Waals surface area contributed by atoms with E-state index in [1.165, 1.54) is 0 Å². The number of hydrogen-bond acceptors (Lipinski definition) is 6. The highest BCUT2D eigenvalue weighted by atomic mass is 16.7. The van der Waals surface area contributed by atoms with E-state index in [-0.39, 0.29) is 28.3 Å². The zero-order valence-electron chi connectivity index (χ0n) is 24.9. The van der Waals surface area contributed by atoms with Gasteiger partial charge in [0.1, 0.15) is 11.6 Å². The lowest BCUT2D eigenvalue weighted by Gasteiger charge is -2.51. The second-order valence-electron chi connectivity index (χ2n) is 12.8. The van der Waals surface area contributed by atoms with Gasteiger partial charge in [-0.2, -0.15) is 10.1 Å². The highest BCUT2D eigenvalue weighted by Crippen LogP contribution is 2.38. The van der Waals surface area contributed by atoms with Crippen LogP contribution in [-0.2, 0) is 19.3 Å². The Morgan fingerprint density at radius 3 is 1.61 bits per heavy atom. The van der Waals surface area contributed by atoms with Gasteiger partial charge < -0.3 is 0 Å². The predicted octanol–water partition coefficient (Wildman–Crippen LogP) is 6.99. The summed E-state index contributed by atoms with van der Waals surface area (Å²) in [7, 11) is 0. The van der Waals surface area contributed by atoms with E-state index in [0.717, 1.165) is 25.7 Å². The van der Waals surface area contributed by atoms with Gasteiger partial charge in [0.05, 0.1) is 12.7 Å². The zero-order valence-corrected chi connectivity index (χ0v) is 24.9. The van der Waals surface area contributed by atoms with Gasteiger partial charge in [-0.25, -0.2) is 0 Å². The van der Waals surface area contributed by atoms with Gasteiger partial charge in [0.25, 0.3) is 0 Å². The van der Waals surface area contributed by atoms with Crippen molar-refractivity contribution < 1.29 is 19.3 Å². The Morgan fingerprint density at radius 1 is 0.778 bits per heavy atom. The average Bonchev–Trinajstić information content (AvgIpc) is 2.69. The third-order valence-corrected chi connectivity index (χ3v) is 6.72. The molecule has 2 aliphatic heterocycles. The Morgan fingerprint density at radius 2 is 1.22 bits per heavy atom. The van der Waals surface area contributed by atoms with Crippen molar-refractivity contribution >= 4 is 11.6 Å². The normalized spacial score (nSPS) is 24.3. The number of nitrogens with zero attached hydrogens (tertiary/aromatic N) is 2. The first-order valence-corrected chi connectivity index (χ1v) is 13.7. The average molecular weight is 507 g/mol. The molecule has 0 bridgehead atoms. The van der Waals surface area contributed by atoms with Crippen LogP contribution in [0, 0.1) is 0 Å². The fourth-order valence-corrected chi connectivity index (χ4v) is 5.72. The molecule has 0 N–H and O–H groups in total. The fraction of sp³-hybridized carbons (Fsp3) is 0.800. The van der Waals surface area contributed by atoms with E-state index in [9.17, 15) is 9.59 Å². The number of unbranched alkanes of at least 4 members (excludes halogenated alkanes) is 1. The Bertz CT molecular complexity index is 727. The number of allylic oxidation sites excluding steroid dienone is 1. The summed E-state index contributed by atoms with van der Waals surface area (Å²) in [6.45, 7) is 25.3. The van der Waals surface area contributed by atoms with E-state index in [1.54, 1.807) is 0 Å². The van der Waals surface area contributed by atoms with Crippen LogP contribution >= 0.6 is 0 Å². The fourth-order valence-electron chi connectivity index (χ4n) is 5.72. The van der Waals surface area contributed by atoms with E-state index >= 15 is 0 Å². The number of ketones is 2. The van der Waals surface area contributed by atoms with Crippen molar-refractivity contribution in [2.24, 2.45) is 0 Å². The second-order valence-corrected chi connectivity index (χ2v) is 12.8. The molecule has 0 saturated carbocycles. The highest BCUT2D eigenvalue weighted by Gasteiger charge is 2.47. The van der Waals surface area contributed by atoms with Gasteiger partial charge in [0.15, 0.2) is 0 Å². The van der Waals surface area contributed by atoms with Crippen LogP contribution in [0.25, 0.3) is 0 Å². The van der Waals surface area contributed by atoms with Crippen molar-refractivity contribution in [1.29, 1.82) is 0 Å². The number of hydrogen-bond donors (Lipinski definition) is 0. The summed E-state index contributed by atoms with van der Waals surface area (Å²) in [5.41, 5.74) is -0.962. The van der Waals surface area contributed by atoms with Crippen LogP contribution in [0.3, 0.4) is 0 Å². The molecule has 0 aromatic carbocycles. The van der Waals surface area contributed by atoms with Crippen LogP contribution < -0.4 is 0 Å². The lowest BCUT2D eigenvalue weighted by molar-refractivity contribution is -0.290. The van der Waals surface area contributed by atoms with Gasteiger partial charge >= 0.3 is 0 Å². The maximum atomic E-state index is 11.8.